The molecule has 0 aliphatic heterocycles. The first-order valence-corrected chi connectivity index (χ1v) is 17.6. The van der Waals surface area contributed by atoms with Gasteiger partial charge in [0.05, 0.1) is 5.38 Å². The fourth-order valence-corrected chi connectivity index (χ4v) is 5.71. The number of aromatic nitrogens is 1. The van der Waals surface area contributed by atoms with Gasteiger partial charge in [-0.2, -0.15) is 4.57 Å². The summed E-state index contributed by atoms with van der Waals surface area (Å²) in [5.41, 5.74) is 0. The topological polar surface area (TPSA) is 98.0 Å². The number of rotatable bonds is 26. The van der Waals surface area contributed by atoms with Crippen LogP contribution < -0.4 is 33.9 Å². The average Bonchev–Trinajstić information content (AvgIpc) is 3.44. The van der Waals surface area contributed by atoms with Gasteiger partial charge in [0, 0.05) is 27.0 Å². The molecular formula is C33H60IN3O6S. The van der Waals surface area contributed by atoms with Crippen molar-refractivity contribution in [2.24, 2.45) is 0 Å². The van der Waals surface area contributed by atoms with Gasteiger partial charge in [-0.15, -0.1) is 0 Å². The van der Waals surface area contributed by atoms with E-state index >= 15 is 0 Å². The summed E-state index contributed by atoms with van der Waals surface area (Å²) in [7, 11) is 1.46. The molecule has 1 aromatic heterocycles. The zero-order chi connectivity index (χ0) is 31.5. The van der Waals surface area contributed by atoms with Crippen molar-refractivity contribution in [3.8, 4) is 0 Å². The lowest BCUT2D eigenvalue weighted by molar-refractivity contribution is -0.699. The van der Waals surface area contributed by atoms with Crippen molar-refractivity contribution in [1.29, 1.82) is 0 Å². The van der Waals surface area contributed by atoms with Crippen LogP contribution in [0.1, 0.15) is 135 Å². The summed E-state index contributed by atoms with van der Waals surface area (Å²) in [5.74, 6) is -0.403. The first-order valence-electron chi connectivity index (χ1n) is 16.8. The zero-order valence-electron chi connectivity index (χ0n) is 27.9. The Balaban J connectivity index is 0.0000185. The summed E-state index contributed by atoms with van der Waals surface area (Å²) in [6.45, 7) is 7.00. The third-order valence-corrected chi connectivity index (χ3v) is 8.44. The van der Waals surface area contributed by atoms with E-state index in [1.807, 2.05) is 16.1 Å². The van der Waals surface area contributed by atoms with E-state index in [1.54, 1.807) is 0 Å². The normalized spacial score (nSPS) is 11.5. The van der Waals surface area contributed by atoms with Gasteiger partial charge in [0.15, 0.2) is 6.20 Å². The van der Waals surface area contributed by atoms with E-state index in [1.165, 1.54) is 115 Å². The summed E-state index contributed by atoms with van der Waals surface area (Å²) in [6.07, 6.45) is 21.9. The van der Waals surface area contributed by atoms with E-state index in [4.69, 9.17) is 14.2 Å². The summed E-state index contributed by atoms with van der Waals surface area (Å²) in [5, 5.41) is 5.59. The lowest BCUT2D eigenvalue weighted by Gasteiger charge is -2.20. The van der Waals surface area contributed by atoms with Crippen LogP contribution in [0.2, 0.25) is 0 Å². The van der Waals surface area contributed by atoms with Crippen molar-refractivity contribution in [1.82, 2.24) is 10.2 Å². The molecule has 1 N–H and O–H groups in total. The SMILES string of the molecule is CCCCCCCCCCCCCCCCCCNC(=O)OCC(COC(=O)N(Cc1scc[n+]1CCC)C(C)=O)OC.[I-]. The number of methoxy groups -OCH3 is 1. The van der Waals surface area contributed by atoms with Crippen LogP contribution in [0.5, 0.6) is 0 Å². The molecule has 1 heterocycles. The van der Waals surface area contributed by atoms with Crippen LogP contribution in [0, 0.1) is 0 Å². The fraction of sp³-hybridized carbons (Fsp3) is 0.818. The Morgan fingerprint density at radius 3 is 1.84 bits per heavy atom. The number of aryl methyl sites for hydroxylation is 1. The van der Waals surface area contributed by atoms with E-state index < -0.39 is 24.2 Å². The number of hydrogen-bond acceptors (Lipinski definition) is 7. The Kier molecular flexibility index (Phi) is 28.0. The number of halogens is 1. The number of nitrogens with zero attached hydrogens (tertiary/aromatic N) is 2. The number of hydrogen-bond donors (Lipinski definition) is 1. The minimum atomic E-state index is -0.751. The number of thiazole rings is 1. The quantitative estimate of drug-likeness (QED) is 0.0819. The molecule has 1 rings (SSSR count). The van der Waals surface area contributed by atoms with Crippen LogP contribution in [-0.4, -0.2) is 56.0 Å². The molecule has 0 spiro atoms. The summed E-state index contributed by atoms with van der Waals surface area (Å²) in [6, 6.07) is 0. The predicted octanol–water partition coefficient (Wildman–Crippen LogP) is 4.94. The van der Waals surface area contributed by atoms with Crippen molar-refractivity contribution in [3.63, 3.8) is 0 Å². The Morgan fingerprint density at radius 2 is 1.34 bits per heavy atom. The molecule has 0 aliphatic carbocycles. The largest absolute Gasteiger partial charge is 1.00 e. The van der Waals surface area contributed by atoms with Gasteiger partial charge in [-0.25, -0.2) is 14.5 Å². The molecule has 0 saturated carbocycles. The Hall–Kier alpha value is -1.47. The highest BCUT2D eigenvalue weighted by atomic mass is 127. The Labute approximate surface area is 288 Å². The van der Waals surface area contributed by atoms with Gasteiger partial charge in [-0.3, -0.25) is 4.79 Å². The van der Waals surface area contributed by atoms with E-state index in [2.05, 4.69) is 19.2 Å². The first-order chi connectivity index (χ1) is 20.9. The number of unbranched alkanes of at least 4 members (excludes halogenated alkanes) is 15. The first kappa shape index (κ1) is 42.5. The summed E-state index contributed by atoms with van der Waals surface area (Å²) >= 11 is 1.48. The monoisotopic (exact) mass is 753 g/mol. The van der Waals surface area contributed by atoms with Crippen LogP contribution in [0.4, 0.5) is 9.59 Å². The van der Waals surface area contributed by atoms with Crippen LogP contribution in [0.25, 0.3) is 0 Å². The number of imide groups is 1. The molecule has 0 aromatic carbocycles. The molecule has 0 fully saturated rings. The highest BCUT2D eigenvalue weighted by Crippen LogP contribution is 2.14. The molecule has 256 valence electrons. The van der Waals surface area contributed by atoms with Crippen molar-refractivity contribution in [3.05, 3.63) is 16.6 Å². The fourth-order valence-electron chi connectivity index (χ4n) is 4.85. The van der Waals surface area contributed by atoms with Gasteiger partial charge in [0.25, 0.3) is 5.01 Å². The van der Waals surface area contributed by atoms with E-state index in [0.29, 0.717) is 6.54 Å². The zero-order valence-corrected chi connectivity index (χ0v) is 30.9. The highest BCUT2D eigenvalue weighted by molar-refractivity contribution is 7.09. The van der Waals surface area contributed by atoms with Crippen LogP contribution in [-0.2, 0) is 32.1 Å². The number of nitrogens with one attached hydrogen (secondary N) is 1. The maximum atomic E-state index is 12.6. The maximum Gasteiger partial charge on any atom is 0.417 e. The van der Waals surface area contributed by atoms with Gasteiger partial charge in [-0.05, 0) is 6.42 Å². The van der Waals surface area contributed by atoms with Crippen molar-refractivity contribution in [2.45, 2.75) is 149 Å². The standard InChI is InChI=1S/C33H59N3O6S.HI/c1-5-7-8-9-10-11-12-13-14-15-16-17-18-19-20-21-22-34-32(38)41-27-30(40-4)28-42-33(39)36(29(3)37)26-31-35(23-6-2)24-25-43-31;/h24-25,30H,5-23,26-28H2,1-4H3;1H. The van der Waals surface area contributed by atoms with Gasteiger partial charge in [0.2, 0.25) is 5.91 Å². The number of amides is 3. The lowest BCUT2D eigenvalue weighted by atomic mass is 10.0. The smallest absolute Gasteiger partial charge is 0.417 e. The van der Waals surface area contributed by atoms with Crippen molar-refractivity contribution in [2.75, 3.05) is 26.9 Å². The molecule has 1 unspecified atom stereocenters. The van der Waals surface area contributed by atoms with Crippen LogP contribution in [0.15, 0.2) is 11.6 Å². The third-order valence-electron chi connectivity index (χ3n) is 7.55. The number of carbonyl (C=O) groups excluding carboxylic acids is 3. The molecule has 11 heteroatoms. The predicted molar refractivity (Wildman–Crippen MR) is 172 cm³/mol. The van der Waals surface area contributed by atoms with Gasteiger partial charge < -0.3 is 43.5 Å². The van der Waals surface area contributed by atoms with E-state index in [-0.39, 0.29) is 43.7 Å². The molecule has 0 radical (unpaired) electrons. The second kappa shape index (κ2) is 29.0. The van der Waals surface area contributed by atoms with Gasteiger partial charge in [0.1, 0.15) is 32.4 Å². The number of ether oxygens (including phenoxy) is 3. The van der Waals surface area contributed by atoms with Crippen LogP contribution in [0.3, 0.4) is 0 Å². The molecule has 0 aliphatic rings. The minimum Gasteiger partial charge on any atom is -1.00 e. The third kappa shape index (κ3) is 21.3. The molecule has 9 nitrogen and oxygen atoms in total. The lowest BCUT2D eigenvalue weighted by Crippen LogP contribution is -3.00. The van der Waals surface area contributed by atoms with E-state index in [9.17, 15) is 14.4 Å². The summed E-state index contributed by atoms with van der Waals surface area (Å²) in [4.78, 5) is 37.9. The second-order valence-electron chi connectivity index (χ2n) is 11.4. The molecule has 1 atom stereocenters. The Bertz CT molecular complexity index is 872. The molecular weight excluding hydrogens is 693 g/mol. The molecule has 0 bridgehead atoms. The second-order valence-corrected chi connectivity index (χ2v) is 12.3. The molecule has 0 saturated heterocycles. The van der Waals surface area contributed by atoms with Crippen LogP contribution >= 0.6 is 11.3 Å². The Morgan fingerprint density at radius 1 is 0.818 bits per heavy atom. The average molecular weight is 754 g/mol. The van der Waals surface area contributed by atoms with Crippen molar-refractivity contribution < 1.29 is 57.1 Å². The van der Waals surface area contributed by atoms with Crippen molar-refractivity contribution >= 4 is 29.4 Å². The highest BCUT2D eigenvalue weighted by Gasteiger charge is 2.26. The molecule has 3 amide bonds. The van der Waals surface area contributed by atoms with E-state index in [0.717, 1.165) is 35.7 Å². The minimum absolute atomic E-state index is 0. The van der Waals surface area contributed by atoms with Gasteiger partial charge in [-0.1, -0.05) is 121 Å². The van der Waals surface area contributed by atoms with Gasteiger partial charge >= 0.3 is 12.2 Å². The number of carbonyl (C=O) groups is 3. The molecule has 1 aromatic rings. The summed E-state index contributed by atoms with van der Waals surface area (Å²) < 4.78 is 17.9. The maximum absolute atomic E-state index is 12.6. The number of alkyl carbamates (subject to hydrolysis) is 1. The molecule has 44 heavy (non-hydrogen) atoms.